The Labute approximate surface area is 202 Å². The third kappa shape index (κ3) is 6.52. The van der Waals surface area contributed by atoms with E-state index >= 15 is 0 Å². The highest BCUT2D eigenvalue weighted by Gasteiger charge is 2.31. The molecule has 1 fully saturated rings. The quantitative estimate of drug-likeness (QED) is 0.489. The zero-order valence-corrected chi connectivity index (χ0v) is 20.5. The molecule has 2 aromatic rings. The molecule has 0 atom stereocenters. The lowest BCUT2D eigenvalue weighted by molar-refractivity contribution is -0.0292. The van der Waals surface area contributed by atoms with E-state index in [9.17, 15) is 4.79 Å². The van der Waals surface area contributed by atoms with Gasteiger partial charge in [-0.3, -0.25) is 4.90 Å². The lowest BCUT2D eigenvalue weighted by Gasteiger charge is -2.39. The van der Waals surface area contributed by atoms with Crippen molar-refractivity contribution in [3.63, 3.8) is 0 Å². The predicted octanol–water partition coefficient (Wildman–Crippen LogP) is 5.85. The summed E-state index contributed by atoms with van der Waals surface area (Å²) in [6, 6.07) is 17.1. The van der Waals surface area contributed by atoms with Gasteiger partial charge in [0.25, 0.3) is 0 Å². The molecule has 6 heteroatoms. The summed E-state index contributed by atoms with van der Waals surface area (Å²) in [4.78, 5) is 12.9. The number of halogens is 1. The first-order valence-corrected chi connectivity index (χ1v) is 11.4. The molecule has 4 rings (SSSR count). The summed E-state index contributed by atoms with van der Waals surface area (Å²) >= 11 is 0. The van der Waals surface area contributed by atoms with Gasteiger partial charge in [-0.1, -0.05) is 55.8 Å². The lowest BCUT2D eigenvalue weighted by atomic mass is 9.85. The van der Waals surface area contributed by atoms with Crippen LogP contribution >= 0.6 is 12.4 Å². The third-order valence-electron chi connectivity index (χ3n) is 6.47. The number of hydrogen-bond donors (Lipinski definition) is 1. The molecule has 33 heavy (non-hydrogen) atoms. The molecular formula is C27H34ClNO4. The monoisotopic (exact) mass is 471 g/mol. The van der Waals surface area contributed by atoms with Gasteiger partial charge in [-0.2, -0.15) is 0 Å². The fraction of sp³-hybridized carbons (Fsp3) is 0.444. The molecule has 178 valence electrons. The standard InChI is InChI=1S/C27H33NO4.ClH/c1-19-22(15-28-16-24(17-28)32-26(29)30)10-9-21-13-23(11-12-25(19)21)31-18-27(2,3)14-20-7-5-4-6-8-20;/h4-8,11-13,24H,9-10,14-18H2,1-3H3,(H,29,30);1H. The van der Waals surface area contributed by atoms with E-state index in [0.717, 1.165) is 31.6 Å². The smallest absolute Gasteiger partial charge is 0.493 e. The van der Waals surface area contributed by atoms with Gasteiger partial charge in [-0.15, -0.1) is 12.4 Å². The summed E-state index contributed by atoms with van der Waals surface area (Å²) in [6.45, 7) is 9.62. The van der Waals surface area contributed by atoms with Crippen molar-refractivity contribution in [2.45, 2.75) is 46.1 Å². The molecule has 2 aromatic carbocycles. The van der Waals surface area contributed by atoms with Gasteiger partial charge in [0.05, 0.1) is 6.61 Å². The maximum absolute atomic E-state index is 10.6. The summed E-state index contributed by atoms with van der Waals surface area (Å²) < 4.78 is 11.0. The van der Waals surface area contributed by atoms with Crippen LogP contribution in [-0.2, 0) is 17.6 Å². The van der Waals surface area contributed by atoms with Gasteiger partial charge >= 0.3 is 6.16 Å². The summed E-state index contributed by atoms with van der Waals surface area (Å²) in [5.41, 5.74) is 6.82. The number of benzene rings is 2. The zero-order valence-electron chi connectivity index (χ0n) is 19.7. The predicted molar refractivity (Wildman–Crippen MR) is 133 cm³/mol. The summed E-state index contributed by atoms with van der Waals surface area (Å²) in [5, 5.41) is 8.72. The van der Waals surface area contributed by atoms with Crippen molar-refractivity contribution in [1.82, 2.24) is 4.90 Å². The number of aryl methyl sites for hydroxylation is 1. The van der Waals surface area contributed by atoms with E-state index in [2.05, 4.69) is 74.2 Å². The van der Waals surface area contributed by atoms with Gasteiger partial charge in [0.1, 0.15) is 11.9 Å². The van der Waals surface area contributed by atoms with Crippen LogP contribution in [0.4, 0.5) is 4.79 Å². The number of allylic oxidation sites excluding steroid dienone is 1. The van der Waals surface area contributed by atoms with Gasteiger partial charge in [0, 0.05) is 25.0 Å². The zero-order chi connectivity index (χ0) is 22.7. The topological polar surface area (TPSA) is 59.0 Å². The summed E-state index contributed by atoms with van der Waals surface area (Å²) in [5.74, 6) is 0.942. The number of carbonyl (C=O) groups is 1. The van der Waals surface area contributed by atoms with E-state index < -0.39 is 6.16 Å². The van der Waals surface area contributed by atoms with Crippen LogP contribution in [0.15, 0.2) is 54.1 Å². The molecule has 0 bridgehead atoms. The number of fused-ring (bicyclic) bond motifs is 1. The minimum Gasteiger partial charge on any atom is -0.493 e. The number of carboxylic acid groups (broad SMARTS) is 1. The molecular weight excluding hydrogens is 438 g/mol. The van der Waals surface area contributed by atoms with Gasteiger partial charge in [0.2, 0.25) is 0 Å². The van der Waals surface area contributed by atoms with Crippen molar-refractivity contribution in [1.29, 1.82) is 0 Å². The Bertz CT molecular complexity index is 996. The van der Waals surface area contributed by atoms with E-state index in [-0.39, 0.29) is 23.9 Å². The maximum Gasteiger partial charge on any atom is 0.506 e. The fourth-order valence-corrected chi connectivity index (χ4v) is 4.71. The van der Waals surface area contributed by atoms with Crippen molar-refractivity contribution in [2.24, 2.45) is 5.41 Å². The largest absolute Gasteiger partial charge is 0.506 e. The molecule has 2 aliphatic rings. The highest BCUT2D eigenvalue weighted by atomic mass is 35.5. The van der Waals surface area contributed by atoms with Crippen molar-refractivity contribution < 1.29 is 19.4 Å². The second kappa shape index (κ2) is 10.6. The normalized spacial score (nSPS) is 16.5. The molecule has 1 aliphatic heterocycles. The Balaban J connectivity index is 0.00000306. The molecule has 0 saturated carbocycles. The second-order valence-electron chi connectivity index (χ2n) is 9.86. The first-order chi connectivity index (χ1) is 15.3. The molecule has 0 amide bonds. The highest BCUT2D eigenvalue weighted by Crippen LogP contribution is 2.35. The van der Waals surface area contributed by atoms with Crippen LogP contribution in [0.25, 0.3) is 5.57 Å². The van der Waals surface area contributed by atoms with Gasteiger partial charge < -0.3 is 14.6 Å². The van der Waals surface area contributed by atoms with Crippen molar-refractivity contribution in [2.75, 3.05) is 26.2 Å². The summed E-state index contributed by atoms with van der Waals surface area (Å²) in [7, 11) is 0. The van der Waals surface area contributed by atoms with Crippen molar-refractivity contribution in [3.05, 3.63) is 70.8 Å². The number of rotatable bonds is 8. The minimum absolute atomic E-state index is 0. The van der Waals surface area contributed by atoms with E-state index in [0.29, 0.717) is 19.7 Å². The number of ether oxygens (including phenoxy) is 2. The average Bonchev–Trinajstić information content (AvgIpc) is 2.72. The van der Waals surface area contributed by atoms with Crippen molar-refractivity contribution in [3.8, 4) is 5.75 Å². The highest BCUT2D eigenvalue weighted by molar-refractivity contribution is 5.85. The fourth-order valence-electron chi connectivity index (χ4n) is 4.71. The van der Waals surface area contributed by atoms with Crippen LogP contribution < -0.4 is 4.74 Å². The molecule has 0 unspecified atom stereocenters. The van der Waals surface area contributed by atoms with Crippen LogP contribution in [0.2, 0.25) is 0 Å². The first-order valence-electron chi connectivity index (χ1n) is 11.4. The SMILES string of the molecule is CC1=C(CN2CC(OC(=O)O)C2)CCc2cc(OCC(C)(C)Cc3ccccc3)ccc21.Cl. The molecule has 1 aliphatic carbocycles. The Morgan fingerprint density at radius 3 is 2.55 bits per heavy atom. The van der Waals surface area contributed by atoms with Crippen LogP contribution in [0, 0.1) is 5.41 Å². The Morgan fingerprint density at radius 2 is 1.85 bits per heavy atom. The number of nitrogens with zero attached hydrogens (tertiary/aromatic N) is 1. The van der Waals surface area contributed by atoms with Gasteiger partial charge in [-0.25, -0.2) is 4.79 Å². The molecule has 5 nitrogen and oxygen atoms in total. The molecule has 1 N–H and O–H groups in total. The van der Waals surface area contributed by atoms with E-state index in [4.69, 9.17) is 14.6 Å². The number of likely N-dealkylation sites (tertiary alicyclic amines) is 1. The van der Waals surface area contributed by atoms with Gasteiger partial charge in [0.15, 0.2) is 0 Å². The maximum atomic E-state index is 10.6. The average molecular weight is 472 g/mol. The molecule has 0 radical (unpaired) electrons. The summed E-state index contributed by atoms with van der Waals surface area (Å²) in [6.07, 6.45) is 1.66. The third-order valence-corrected chi connectivity index (χ3v) is 6.47. The van der Waals surface area contributed by atoms with E-state index in [1.807, 2.05) is 0 Å². The first kappa shape index (κ1) is 25.1. The molecule has 0 aromatic heterocycles. The van der Waals surface area contributed by atoms with Crippen LogP contribution in [0.1, 0.15) is 43.9 Å². The second-order valence-corrected chi connectivity index (χ2v) is 9.86. The van der Waals surface area contributed by atoms with Crippen LogP contribution in [0.3, 0.4) is 0 Å². The lowest BCUT2D eigenvalue weighted by Crippen LogP contribution is -2.53. The Morgan fingerprint density at radius 1 is 1.12 bits per heavy atom. The van der Waals surface area contributed by atoms with Crippen LogP contribution in [0.5, 0.6) is 5.75 Å². The van der Waals surface area contributed by atoms with E-state index in [1.165, 1.54) is 27.8 Å². The van der Waals surface area contributed by atoms with Gasteiger partial charge in [-0.05, 0) is 60.6 Å². The Hall–Kier alpha value is -2.50. The number of hydrogen-bond acceptors (Lipinski definition) is 4. The van der Waals surface area contributed by atoms with Crippen LogP contribution in [-0.4, -0.2) is 48.5 Å². The minimum atomic E-state index is -1.18. The van der Waals surface area contributed by atoms with Crippen molar-refractivity contribution >= 4 is 24.1 Å². The molecule has 1 saturated heterocycles. The Kier molecular flexibility index (Phi) is 8.09. The molecule has 0 spiro atoms. The molecule has 1 heterocycles. The van der Waals surface area contributed by atoms with E-state index in [1.54, 1.807) is 0 Å².